The van der Waals surface area contributed by atoms with E-state index >= 15 is 0 Å². The predicted molar refractivity (Wildman–Crippen MR) is 84.8 cm³/mol. The Morgan fingerprint density at radius 2 is 1.75 bits per heavy atom. The van der Waals surface area contributed by atoms with Crippen LogP contribution in [0.25, 0.3) is 0 Å². The molecule has 20 heavy (non-hydrogen) atoms. The summed E-state index contributed by atoms with van der Waals surface area (Å²) in [5.74, 6) is 1.24. The number of unbranched alkanes of at least 4 members (excludes halogenated alkanes) is 1. The third-order valence-electron chi connectivity index (χ3n) is 4.62. The molecule has 0 saturated heterocycles. The number of aliphatic hydroxyl groups excluding tert-OH is 1. The standard InChI is InChI=1S/C18H29NO/c20-15-18-12-5-4-11-17(18)14-19-13-7-6-10-16-8-2-1-3-9-16/h1-3,8-9,17-20H,4-7,10-15H2. The number of aliphatic hydroxyl groups is 1. The summed E-state index contributed by atoms with van der Waals surface area (Å²) >= 11 is 0. The molecule has 1 aliphatic carbocycles. The molecule has 2 nitrogen and oxygen atoms in total. The van der Waals surface area contributed by atoms with Gasteiger partial charge in [0.05, 0.1) is 0 Å². The van der Waals surface area contributed by atoms with Gasteiger partial charge in [0.15, 0.2) is 0 Å². The highest BCUT2D eigenvalue weighted by molar-refractivity contribution is 5.14. The molecule has 0 spiro atoms. The van der Waals surface area contributed by atoms with Gasteiger partial charge in [-0.2, -0.15) is 0 Å². The zero-order chi connectivity index (χ0) is 14.0. The lowest BCUT2D eigenvalue weighted by Gasteiger charge is -2.30. The van der Waals surface area contributed by atoms with E-state index in [4.69, 9.17) is 0 Å². The average molecular weight is 275 g/mol. The molecule has 2 N–H and O–H groups in total. The van der Waals surface area contributed by atoms with Crippen molar-refractivity contribution in [2.75, 3.05) is 19.7 Å². The molecule has 1 saturated carbocycles. The van der Waals surface area contributed by atoms with E-state index in [1.165, 1.54) is 50.5 Å². The van der Waals surface area contributed by atoms with Gasteiger partial charge in [-0.25, -0.2) is 0 Å². The van der Waals surface area contributed by atoms with Crippen LogP contribution in [-0.2, 0) is 6.42 Å². The maximum Gasteiger partial charge on any atom is 0.0462 e. The second-order valence-electron chi connectivity index (χ2n) is 6.13. The summed E-state index contributed by atoms with van der Waals surface area (Å²) in [6.07, 6.45) is 8.84. The van der Waals surface area contributed by atoms with Crippen molar-refractivity contribution < 1.29 is 5.11 Å². The second-order valence-corrected chi connectivity index (χ2v) is 6.13. The van der Waals surface area contributed by atoms with E-state index in [0.29, 0.717) is 18.4 Å². The summed E-state index contributed by atoms with van der Waals surface area (Å²) < 4.78 is 0. The summed E-state index contributed by atoms with van der Waals surface area (Å²) in [5.41, 5.74) is 1.44. The van der Waals surface area contributed by atoms with Crippen molar-refractivity contribution in [2.24, 2.45) is 11.8 Å². The van der Waals surface area contributed by atoms with Gasteiger partial charge in [0.2, 0.25) is 0 Å². The van der Waals surface area contributed by atoms with Gasteiger partial charge in [0.25, 0.3) is 0 Å². The van der Waals surface area contributed by atoms with Gasteiger partial charge in [-0.3, -0.25) is 0 Å². The van der Waals surface area contributed by atoms with E-state index in [2.05, 4.69) is 35.6 Å². The van der Waals surface area contributed by atoms with Crippen LogP contribution in [-0.4, -0.2) is 24.8 Å². The number of hydrogen-bond donors (Lipinski definition) is 2. The molecule has 1 fully saturated rings. The van der Waals surface area contributed by atoms with Crippen LogP contribution < -0.4 is 5.32 Å². The van der Waals surface area contributed by atoms with Crippen LogP contribution in [0.2, 0.25) is 0 Å². The van der Waals surface area contributed by atoms with E-state index < -0.39 is 0 Å². The van der Waals surface area contributed by atoms with Crippen molar-refractivity contribution >= 4 is 0 Å². The summed E-state index contributed by atoms with van der Waals surface area (Å²) in [6, 6.07) is 10.7. The Kier molecular flexibility index (Phi) is 7.10. The highest BCUT2D eigenvalue weighted by Crippen LogP contribution is 2.28. The van der Waals surface area contributed by atoms with Crippen LogP contribution in [0.3, 0.4) is 0 Å². The van der Waals surface area contributed by atoms with Crippen molar-refractivity contribution in [2.45, 2.75) is 44.9 Å². The first-order chi connectivity index (χ1) is 9.90. The minimum absolute atomic E-state index is 0.375. The first-order valence-electron chi connectivity index (χ1n) is 8.25. The maximum absolute atomic E-state index is 9.40. The maximum atomic E-state index is 9.40. The van der Waals surface area contributed by atoms with Crippen LogP contribution in [0.15, 0.2) is 30.3 Å². The lowest BCUT2D eigenvalue weighted by Crippen LogP contribution is -2.32. The third-order valence-corrected chi connectivity index (χ3v) is 4.62. The number of aryl methyl sites for hydroxylation is 1. The molecule has 0 heterocycles. The minimum atomic E-state index is 0.375. The fraction of sp³-hybridized carbons (Fsp3) is 0.667. The summed E-state index contributed by atoms with van der Waals surface area (Å²) in [5, 5.41) is 13.0. The lowest BCUT2D eigenvalue weighted by molar-refractivity contribution is 0.133. The largest absolute Gasteiger partial charge is 0.396 e. The molecular formula is C18H29NO. The van der Waals surface area contributed by atoms with Gasteiger partial charge in [0, 0.05) is 6.61 Å². The van der Waals surface area contributed by atoms with Crippen LogP contribution in [0, 0.1) is 11.8 Å². The number of rotatable bonds is 8. The van der Waals surface area contributed by atoms with Crippen LogP contribution in [0.4, 0.5) is 0 Å². The van der Waals surface area contributed by atoms with Gasteiger partial charge in [-0.1, -0.05) is 43.2 Å². The Labute approximate surface area is 123 Å². The van der Waals surface area contributed by atoms with E-state index in [1.807, 2.05) is 0 Å². The van der Waals surface area contributed by atoms with Gasteiger partial charge in [-0.15, -0.1) is 0 Å². The second kappa shape index (κ2) is 9.15. The Bertz CT molecular complexity index is 352. The van der Waals surface area contributed by atoms with Gasteiger partial charge in [0.1, 0.15) is 0 Å². The molecule has 0 radical (unpaired) electrons. The Hall–Kier alpha value is -0.860. The zero-order valence-corrected chi connectivity index (χ0v) is 12.6. The summed E-state index contributed by atoms with van der Waals surface area (Å²) in [7, 11) is 0. The molecule has 112 valence electrons. The first-order valence-corrected chi connectivity index (χ1v) is 8.25. The molecule has 1 aromatic carbocycles. The lowest BCUT2D eigenvalue weighted by atomic mass is 9.79. The van der Waals surface area contributed by atoms with Gasteiger partial charge >= 0.3 is 0 Å². The topological polar surface area (TPSA) is 32.3 Å². The minimum Gasteiger partial charge on any atom is -0.396 e. The van der Waals surface area contributed by atoms with E-state index in [1.54, 1.807) is 0 Å². The summed E-state index contributed by atoms with van der Waals surface area (Å²) in [6.45, 7) is 2.58. The van der Waals surface area contributed by atoms with E-state index in [0.717, 1.165) is 13.1 Å². The zero-order valence-electron chi connectivity index (χ0n) is 12.6. The van der Waals surface area contributed by atoms with Crippen molar-refractivity contribution in [3.05, 3.63) is 35.9 Å². The van der Waals surface area contributed by atoms with Crippen LogP contribution in [0.1, 0.15) is 44.1 Å². The highest BCUT2D eigenvalue weighted by Gasteiger charge is 2.23. The number of hydrogen-bond acceptors (Lipinski definition) is 2. The fourth-order valence-corrected chi connectivity index (χ4v) is 3.30. The molecule has 2 heteroatoms. The molecule has 0 aliphatic heterocycles. The Morgan fingerprint density at radius 3 is 2.50 bits per heavy atom. The van der Waals surface area contributed by atoms with Crippen molar-refractivity contribution in [3.63, 3.8) is 0 Å². The highest BCUT2D eigenvalue weighted by atomic mass is 16.3. The fourth-order valence-electron chi connectivity index (χ4n) is 3.30. The van der Waals surface area contributed by atoms with Crippen molar-refractivity contribution in [1.29, 1.82) is 0 Å². The molecule has 2 unspecified atom stereocenters. The van der Waals surface area contributed by atoms with Crippen molar-refractivity contribution in [3.8, 4) is 0 Å². The average Bonchev–Trinajstić information content (AvgIpc) is 2.52. The van der Waals surface area contributed by atoms with E-state index in [-0.39, 0.29) is 0 Å². The molecule has 0 bridgehead atoms. The molecule has 1 aliphatic rings. The van der Waals surface area contributed by atoms with Gasteiger partial charge in [-0.05, 0) is 62.6 Å². The van der Waals surface area contributed by atoms with Crippen LogP contribution >= 0.6 is 0 Å². The number of nitrogens with one attached hydrogen (secondary N) is 1. The molecular weight excluding hydrogens is 246 g/mol. The Balaban J connectivity index is 1.53. The molecule has 0 aromatic heterocycles. The van der Waals surface area contributed by atoms with Gasteiger partial charge < -0.3 is 10.4 Å². The monoisotopic (exact) mass is 275 g/mol. The predicted octanol–water partition coefficient (Wildman–Crippen LogP) is 3.40. The molecule has 2 atom stereocenters. The Morgan fingerprint density at radius 1 is 1.00 bits per heavy atom. The molecule has 1 aromatic rings. The quantitative estimate of drug-likeness (QED) is 0.713. The third kappa shape index (κ3) is 5.26. The smallest absolute Gasteiger partial charge is 0.0462 e. The molecule has 0 amide bonds. The molecule has 2 rings (SSSR count). The first kappa shape index (κ1) is 15.5. The number of benzene rings is 1. The summed E-state index contributed by atoms with van der Waals surface area (Å²) in [4.78, 5) is 0. The van der Waals surface area contributed by atoms with Crippen molar-refractivity contribution in [1.82, 2.24) is 5.32 Å². The van der Waals surface area contributed by atoms with E-state index in [9.17, 15) is 5.11 Å². The van der Waals surface area contributed by atoms with Crippen LogP contribution in [0.5, 0.6) is 0 Å². The SMILES string of the molecule is OCC1CCCCC1CNCCCCc1ccccc1. The normalized spacial score (nSPS) is 22.9.